The zero-order chi connectivity index (χ0) is 16.8. The fraction of sp³-hybridized carbons (Fsp3) is 0.500. The van der Waals surface area contributed by atoms with Gasteiger partial charge in [0.2, 0.25) is 5.91 Å². The molecule has 1 heterocycles. The van der Waals surface area contributed by atoms with Crippen molar-refractivity contribution < 1.29 is 28.2 Å². The van der Waals surface area contributed by atoms with Gasteiger partial charge in [-0.1, -0.05) is 12.1 Å². The molecule has 1 N–H and O–H groups in total. The zero-order valence-electron chi connectivity index (χ0n) is 12.6. The van der Waals surface area contributed by atoms with Crippen molar-refractivity contribution in [2.45, 2.75) is 25.8 Å². The zero-order valence-corrected chi connectivity index (χ0v) is 12.6. The Bertz CT molecular complexity index is 573. The van der Waals surface area contributed by atoms with Crippen molar-refractivity contribution in [3.8, 4) is 0 Å². The van der Waals surface area contributed by atoms with Crippen molar-refractivity contribution in [3.05, 3.63) is 35.4 Å². The lowest BCUT2D eigenvalue weighted by Crippen LogP contribution is -2.40. The highest BCUT2D eigenvalue weighted by Crippen LogP contribution is 2.20. The summed E-state index contributed by atoms with van der Waals surface area (Å²) < 4.78 is 32.4. The van der Waals surface area contributed by atoms with Crippen LogP contribution in [0.4, 0.5) is 8.78 Å². The van der Waals surface area contributed by atoms with Gasteiger partial charge in [0.15, 0.2) is 11.6 Å². The van der Waals surface area contributed by atoms with Gasteiger partial charge in [-0.15, -0.1) is 0 Å². The van der Waals surface area contributed by atoms with E-state index in [-0.39, 0.29) is 43.5 Å². The Morgan fingerprint density at radius 2 is 2.13 bits per heavy atom. The van der Waals surface area contributed by atoms with E-state index in [0.717, 1.165) is 12.5 Å². The van der Waals surface area contributed by atoms with E-state index in [9.17, 15) is 18.4 Å². The average Bonchev–Trinajstić information content (AvgIpc) is 2.55. The van der Waals surface area contributed by atoms with Gasteiger partial charge < -0.3 is 14.7 Å². The van der Waals surface area contributed by atoms with Crippen LogP contribution in [0.2, 0.25) is 0 Å². The first kappa shape index (κ1) is 17.3. The average molecular weight is 327 g/mol. The molecule has 0 spiro atoms. The lowest BCUT2D eigenvalue weighted by Gasteiger charge is -2.29. The molecule has 1 aromatic rings. The number of carboxylic acids is 1. The molecule has 5 nitrogen and oxygen atoms in total. The molecule has 1 atom stereocenters. The topological polar surface area (TPSA) is 66.8 Å². The van der Waals surface area contributed by atoms with Gasteiger partial charge in [0, 0.05) is 25.3 Å². The highest BCUT2D eigenvalue weighted by molar-refractivity contribution is 5.79. The van der Waals surface area contributed by atoms with E-state index >= 15 is 0 Å². The number of rotatable bonds is 6. The lowest BCUT2D eigenvalue weighted by molar-refractivity contribution is -0.142. The predicted octanol–water partition coefficient (Wildman–Crippen LogP) is 2.19. The first-order valence-corrected chi connectivity index (χ1v) is 7.50. The van der Waals surface area contributed by atoms with Crippen molar-refractivity contribution in [2.24, 2.45) is 5.92 Å². The Hall–Kier alpha value is -2.02. The first-order valence-electron chi connectivity index (χ1n) is 7.50. The summed E-state index contributed by atoms with van der Waals surface area (Å²) in [5.41, 5.74) is 0.0282. The summed E-state index contributed by atoms with van der Waals surface area (Å²) >= 11 is 0. The van der Waals surface area contributed by atoms with E-state index in [1.807, 2.05) is 0 Å². The summed E-state index contributed by atoms with van der Waals surface area (Å²) in [6.07, 6.45) is 1.14. The van der Waals surface area contributed by atoms with Gasteiger partial charge in [-0.05, 0) is 18.9 Å². The molecule has 0 bridgehead atoms. The van der Waals surface area contributed by atoms with Crippen molar-refractivity contribution in [1.82, 2.24) is 4.90 Å². The maximum atomic E-state index is 13.8. The molecule has 2 rings (SSSR count). The molecule has 126 valence electrons. The Labute approximate surface area is 132 Å². The molecule has 23 heavy (non-hydrogen) atoms. The molecule has 1 aliphatic rings. The number of ether oxygens (including phenoxy) is 1. The van der Waals surface area contributed by atoms with E-state index in [0.29, 0.717) is 13.0 Å². The Kier molecular flexibility index (Phi) is 6.04. The van der Waals surface area contributed by atoms with Gasteiger partial charge >= 0.3 is 5.97 Å². The van der Waals surface area contributed by atoms with Crippen LogP contribution in [0.3, 0.4) is 0 Å². The highest BCUT2D eigenvalue weighted by Gasteiger charge is 2.27. The van der Waals surface area contributed by atoms with Crippen LogP contribution in [0.25, 0.3) is 0 Å². The van der Waals surface area contributed by atoms with E-state index in [1.165, 1.54) is 17.0 Å². The summed E-state index contributed by atoms with van der Waals surface area (Å²) in [4.78, 5) is 24.6. The number of hydrogen-bond donors (Lipinski definition) is 1. The van der Waals surface area contributed by atoms with Crippen LogP contribution in [0.15, 0.2) is 18.2 Å². The molecule has 7 heteroatoms. The van der Waals surface area contributed by atoms with Crippen LogP contribution >= 0.6 is 0 Å². The maximum Gasteiger partial charge on any atom is 0.305 e. The molecule has 0 aromatic heterocycles. The second-order valence-corrected chi connectivity index (χ2v) is 5.53. The molecule has 0 saturated carbocycles. The Morgan fingerprint density at radius 3 is 2.78 bits per heavy atom. The molecule has 1 unspecified atom stereocenters. The number of aliphatic carboxylic acids is 1. The largest absolute Gasteiger partial charge is 0.481 e. The molecule has 0 aliphatic carbocycles. The van der Waals surface area contributed by atoms with Crippen molar-refractivity contribution >= 4 is 11.9 Å². The van der Waals surface area contributed by atoms with Crippen LogP contribution in [0, 0.1) is 17.6 Å². The smallest absolute Gasteiger partial charge is 0.305 e. The molecular weight excluding hydrogens is 308 g/mol. The number of hydrogen-bond acceptors (Lipinski definition) is 3. The monoisotopic (exact) mass is 327 g/mol. The molecule has 0 radical (unpaired) electrons. The Morgan fingerprint density at radius 1 is 1.35 bits per heavy atom. The standard InChI is InChI=1S/C16H19F2NO4/c17-13-5-1-3-11(15(13)18)9-19(7-6-14(20)21)16(22)12-4-2-8-23-10-12/h1,3,5,12H,2,4,6-10H2,(H,20,21). The highest BCUT2D eigenvalue weighted by atomic mass is 19.2. The van der Waals surface area contributed by atoms with Crippen LogP contribution in [0.5, 0.6) is 0 Å². The van der Waals surface area contributed by atoms with E-state index < -0.39 is 17.6 Å². The minimum Gasteiger partial charge on any atom is -0.481 e. The molecule has 1 aliphatic heterocycles. The van der Waals surface area contributed by atoms with Gasteiger partial charge in [-0.3, -0.25) is 9.59 Å². The van der Waals surface area contributed by atoms with Crippen molar-refractivity contribution in [2.75, 3.05) is 19.8 Å². The third kappa shape index (κ3) is 4.72. The van der Waals surface area contributed by atoms with Crippen molar-refractivity contribution in [3.63, 3.8) is 0 Å². The second-order valence-electron chi connectivity index (χ2n) is 5.53. The molecule has 1 amide bonds. The van der Waals surface area contributed by atoms with Gasteiger partial charge in [-0.25, -0.2) is 8.78 Å². The lowest BCUT2D eigenvalue weighted by atomic mass is 10.00. The third-order valence-electron chi connectivity index (χ3n) is 3.81. The number of nitrogens with zero attached hydrogens (tertiary/aromatic N) is 1. The summed E-state index contributed by atoms with van der Waals surface area (Å²) in [5.74, 6) is -3.71. The van der Waals surface area contributed by atoms with Gasteiger partial charge in [0.25, 0.3) is 0 Å². The normalized spacial score (nSPS) is 17.7. The SMILES string of the molecule is O=C(O)CCN(Cc1cccc(F)c1F)C(=O)C1CCCOC1. The van der Waals surface area contributed by atoms with Crippen LogP contribution < -0.4 is 0 Å². The Balaban J connectivity index is 2.14. The summed E-state index contributed by atoms with van der Waals surface area (Å²) in [6.45, 7) is 0.651. The van der Waals surface area contributed by atoms with Crippen LogP contribution in [-0.2, 0) is 20.9 Å². The number of benzene rings is 1. The van der Waals surface area contributed by atoms with Crippen LogP contribution in [0.1, 0.15) is 24.8 Å². The van der Waals surface area contributed by atoms with E-state index in [4.69, 9.17) is 9.84 Å². The quantitative estimate of drug-likeness (QED) is 0.870. The predicted molar refractivity (Wildman–Crippen MR) is 77.6 cm³/mol. The van der Waals surface area contributed by atoms with Crippen molar-refractivity contribution in [1.29, 1.82) is 0 Å². The maximum absolute atomic E-state index is 13.8. The van der Waals surface area contributed by atoms with E-state index in [2.05, 4.69) is 0 Å². The molecule has 1 saturated heterocycles. The number of carbonyl (C=O) groups is 2. The number of carboxylic acid groups (broad SMARTS) is 1. The van der Waals surface area contributed by atoms with Gasteiger partial charge in [0.1, 0.15) is 0 Å². The second kappa shape index (κ2) is 8.01. The van der Waals surface area contributed by atoms with Gasteiger partial charge in [-0.2, -0.15) is 0 Å². The molecule has 1 aromatic carbocycles. The summed E-state index contributed by atoms with van der Waals surface area (Å²) in [7, 11) is 0. The first-order chi connectivity index (χ1) is 11.0. The van der Waals surface area contributed by atoms with E-state index in [1.54, 1.807) is 0 Å². The summed E-state index contributed by atoms with van der Waals surface area (Å²) in [6, 6.07) is 3.74. The number of halogens is 2. The molecule has 1 fully saturated rings. The fourth-order valence-corrected chi connectivity index (χ4v) is 2.57. The molecular formula is C16H19F2NO4. The fourth-order valence-electron chi connectivity index (χ4n) is 2.57. The third-order valence-corrected chi connectivity index (χ3v) is 3.81. The number of carbonyl (C=O) groups excluding carboxylic acids is 1. The van der Waals surface area contributed by atoms with Crippen LogP contribution in [-0.4, -0.2) is 41.6 Å². The minimum absolute atomic E-state index is 0.0282. The summed E-state index contributed by atoms with van der Waals surface area (Å²) in [5, 5.41) is 8.82. The van der Waals surface area contributed by atoms with Gasteiger partial charge in [0.05, 0.1) is 18.9 Å². The number of amides is 1. The minimum atomic E-state index is -1.05.